The average molecular weight is 993 g/mol. The molecule has 64 heavy (non-hydrogen) atoms. The number of fused-ring (bicyclic) bond motifs is 2. The van der Waals surface area contributed by atoms with Crippen molar-refractivity contribution < 1.29 is 191 Å². The summed E-state index contributed by atoms with van der Waals surface area (Å²) in [4.78, 5) is -4.81. The number of phenols is 2. The molecule has 0 aliphatic heterocycles. The van der Waals surface area contributed by atoms with E-state index in [2.05, 4.69) is 20.5 Å². The molecule has 8 N–H and O–H groups in total. The third-order valence-corrected chi connectivity index (χ3v) is 12.4. The Morgan fingerprint density at radius 3 is 1.00 bits per heavy atom. The molecule has 0 spiro atoms. The Kier molecular flexibility index (Phi) is 19.8. The maximum Gasteiger partial charge on any atom is 1.00 e. The molecule has 0 heterocycles. The van der Waals surface area contributed by atoms with Gasteiger partial charge >= 0.3 is 118 Å². The molecule has 0 amide bonds. The van der Waals surface area contributed by atoms with Crippen LogP contribution in [0.4, 0.5) is 34.1 Å². The minimum absolute atomic E-state index is 0. The van der Waals surface area contributed by atoms with Crippen molar-refractivity contribution in [3.63, 3.8) is 0 Å². The number of rotatable bonds is 11. The van der Waals surface area contributed by atoms with Gasteiger partial charge in [-0.2, -0.15) is 10.2 Å². The largest absolute Gasteiger partial charge is 1.00 e. The SMILES string of the molecule is Nc1c(S(=O)(=O)[O-])cc(S(=O)(=O)[O-])c2ccc(N=Nc3ccc(-c4ccc(N=Nc5ccc6c(S(=O)(=O)[O-])cc(S(=O)(=O)[O-])c(N)c6c5O)c(CO)c4)cc3CO)c(O)c12.[Na+].[Na+].[Na+].[Na+]. The summed E-state index contributed by atoms with van der Waals surface area (Å²) in [6, 6.07) is 13.4. The van der Waals surface area contributed by atoms with E-state index in [1.807, 2.05) is 0 Å². The quantitative estimate of drug-likeness (QED) is 0.0304. The van der Waals surface area contributed by atoms with Gasteiger partial charge in [0, 0.05) is 21.9 Å². The van der Waals surface area contributed by atoms with Gasteiger partial charge < -0.3 is 50.1 Å². The number of anilines is 2. The fraction of sp³-hybridized carbons (Fsp3) is 0.0588. The summed E-state index contributed by atoms with van der Waals surface area (Å²) in [7, 11) is -21.6. The second-order valence-electron chi connectivity index (χ2n) is 12.5. The maximum absolute atomic E-state index is 11.9. The molecular formula is C34H24N6Na4O16S4. The Balaban J connectivity index is 0.00000352. The summed E-state index contributed by atoms with van der Waals surface area (Å²) >= 11 is 0. The van der Waals surface area contributed by atoms with Gasteiger partial charge in [0.15, 0.2) is 11.5 Å². The van der Waals surface area contributed by atoms with Crippen molar-refractivity contribution in [2.45, 2.75) is 32.8 Å². The first-order chi connectivity index (χ1) is 27.9. The molecule has 0 atom stereocenters. The van der Waals surface area contributed by atoms with Crippen LogP contribution >= 0.6 is 0 Å². The molecule has 0 saturated carbocycles. The van der Waals surface area contributed by atoms with Gasteiger partial charge in [0.1, 0.15) is 51.8 Å². The number of nitrogen functional groups attached to an aromatic ring is 2. The van der Waals surface area contributed by atoms with Crippen LogP contribution in [0.25, 0.3) is 32.7 Å². The van der Waals surface area contributed by atoms with E-state index in [9.17, 15) is 72.3 Å². The van der Waals surface area contributed by atoms with Crippen molar-refractivity contribution in [3.05, 3.63) is 83.9 Å². The molecule has 0 bridgehead atoms. The van der Waals surface area contributed by atoms with Crippen molar-refractivity contribution in [2.24, 2.45) is 20.5 Å². The number of nitrogens with two attached hydrogens (primary N) is 2. The first kappa shape index (κ1) is 57.9. The number of phenolic OH excluding ortho intramolecular Hbond substituents is 2. The van der Waals surface area contributed by atoms with Crippen molar-refractivity contribution >= 4 is 96.1 Å². The van der Waals surface area contributed by atoms with Crippen LogP contribution in [0.1, 0.15) is 11.1 Å². The number of aliphatic hydroxyl groups excluding tert-OH is 2. The molecule has 0 fully saturated rings. The first-order valence-electron chi connectivity index (χ1n) is 16.2. The summed E-state index contributed by atoms with van der Waals surface area (Å²) in [5, 5.41) is 55.6. The number of benzene rings is 6. The number of aromatic hydroxyl groups is 2. The summed E-state index contributed by atoms with van der Waals surface area (Å²) in [6.45, 7) is -1.23. The van der Waals surface area contributed by atoms with E-state index in [0.717, 1.165) is 24.3 Å². The number of azo groups is 2. The molecule has 6 aromatic carbocycles. The number of hydrogen-bond donors (Lipinski definition) is 6. The van der Waals surface area contributed by atoms with Crippen molar-refractivity contribution in [1.82, 2.24) is 0 Å². The predicted octanol–water partition coefficient (Wildman–Crippen LogP) is -8.32. The fourth-order valence-electron chi connectivity index (χ4n) is 6.09. The van der Waals surface area contributed by atoms with E-state index in [4.69, 9.17) is 11.5 Å². The van der Waals surface area contributed by atoms with E-state index in [1.165, 1.54) is 36.4 Å². The number of nitrogens with zero attached hydrogens (tertiary/aromatic N) is 4. The standard InChI is InChI=1S/C34H28N6O16S4.4Na/c35-31-27(59(51,52)53)11-25(57(45,46)47)19-3-7-23(33(43)29(19)31)39-37-21-5-1-15(9-17(21)13-41)16-2-6-22(18(10-16)14-42)38-40-24-8-4-20-26(58(48,49)50)12-28(60(54,55)56)32(36)30(20)34(24)44;;;;/h1-12,41-44H,13-14,35-36H2,(H,45,46,47)(H,48,49,50)(H,51,52,53)(H,54,55,56);;;;/q;4*+1/p-4. The summed E-state index contributed by atoms with van der Waals surface area (Å²) < 4.78 is 142. The maximum atomic E-state index is 11.9. The van der Waals surface area contributed by atoms with Crippen LogP contribution < -0.4 is 130 Å². The Labute approximate surface area is 452 Å². The number of aliphatic hydroxyl groups is 2. The van der Waals surface area contributed by atoms with E-state index in [-0.39, 0.29) is 141 Å². The first-order valence-corrected chi connectivity index (χ1v) is 21.8. The molecule has 314 valence electrons. The van der Waals surface area contributed by atoms with Crippen molar-refractivity contribution in [2.75, 3.05) is 11.5 Å². The molecule has 30 heteroatoms. The Morgan fingerprint density at radius 2 is 0.719 bits per heavy atom. The minimum Gasteiger partial charge on any atom is -0.744 e. The van der Waals surface area contributed by atoms with E-state index in [1.54, 1.807) is 0 Å². The van der Waals surface area contributed by atoms with Gasteiger partial charge in [-0.25, -0.2) is 33.7 Å². The zero-order valence-corrected chi connectivity index (χ0v) is 44.9. The Morgan fingerprint density at radius 1 is 0.438 bits per heavy atom. The van der Waals surface area contributed by atoms with Crippen LogP contribution in [0.15, 0.2) is 113 Å². The second-order valence-corrected chi connectivity index (χ2v) is 17.9. The average Bonchev–Trinajstić information content (AvgIpc) is 3.15. The van der Waals surface area contributed by atoms with Crippen molar-refractivity contribution in [1.29, 1.82) is 0 Å². The molecule has 6 aromatic rings. The summed E-state index contributed by atoms with van der Waals surface area (Å²) in [5.74, 6) is -1.85. The van der Waals surface area contributed by atoms with E-state index < -0.39 is 129 Å². The fourth-order valence-corrected chi connectivity index (χ4v) is 8.91. The van der Waals surface area contributed by atoms with Crippen LogP contribution in [0.2, 0.25) is 0 Å². The molecule has 22 nitrogen and oxygen atoms in total. The molecule has 0 saturated heterocycles. The van der Waals surface area contributed by atoms with Crippen LogP contribution in [0.3, 0.4) is 0 Å². The topological polar surface area (TPSA) is 411 Å². The van der Waals surface area contributed by atoms with Gasteiger partial charge in [-0.15, -0.1) is 10.2 Å². The molecule has 0 aliphatic rings. The summed E-state index contributed by atoms with van der Waals surface area (Å²) in [5.41, 5.74) is 10.4. The monoisotopic (exact) mass is 992 g/mol. The van der Waals surface area contributed by atoms with Gasteiger partial charge in [-0.05, 0) is 59.7 Å². The normalized spacial score (nSPS) is 12.2. The predicted molar refractivity (Wildman–Crippen MR) is 204 cm³/mol. The van der Waals surface area contributed by atoms with Crippen LogP contribution in [0.5, 0.6) is 11.5 Å². The van der Waals surface area contributed by atoms with Gasteiger partial charge in [0.25, 0.3) is 0 Å². The van der Waals surface area contributed by atoms with E-state index in [0.29, 0.717) is 23.3 Å². The molecule has 0 radical (unpaired) electrons. The molecular weight excluding hydrogens is 969 g/mol. The van der Waals surface area contributed by atoms with Gasteiger partial charge in [0.2, 0.25) is 0 Å². The van der Waals surface area contributed by atoms with Crippen LogP contribution in [-0.4, -0.2) is 72.3 Å². The zero-order valence-electron chi connectivity index (χ0n) is 33.6. The van der Waals surface area contributed by atoms with Crippen LogP contribution in [0, 0.1) is 0 Å². The molecule has 6 rings (SSSR count). The Hall–Kier alpha value is -2.20. The second kappa shape index (κ2) is 21.8. The molecule has 0 aliphatic carbocycles. The zero-order chi connectivity index (χ0) is 44.3. The third kappa shape index (κ3) is 11.9. The molecule has 0 unspecified atom stereocenters. The Bertz CT molecular complexity index is 3140. The van der Waals surface area contributed by atoms with Crippen LogP contribution in [-0.2, 0) is 53.7 Å². The summed E-state index contributed by atoms with van der Waals surface area (Å²) in [6.07, 6.45) is 0. The van der Waals surface area contributed by atoms with Gasteiger partial charge in [-0.1, -0.05) is 24.3 Å². The number of hydrogen-bond acceptors (Lipinski definition) is 22. The van der Waals surface area contributed by atoms with Crippen molar-refractivity contribution in [3.8, 4) is 22.6 Å². The van der Waals surface area contributed by atoms with E-state index >= 15 is 0 Å². The smallest absolute Gasteiger partial charge is 0.744 e. The third-order valence-electron chi connectivity index (χ3n) is 8.88. The minimum atomic E-state index is -5.43. The van der Waals surface area contributed by atoms with Gasteiger partial charge in [-0.3, -0.25) is 0 Å². The molecule has 0 aromatic heterocycles. The van der Waals surface area contributed by atoms with Gasteiger partial charge in [0.05, 0.1) is 66.3 Å².